The lowest BCUT2D eigenvalue weighted by atomic mass is 10.2. The van der Waals surface area contributed by atoms with E-state index in [0.29, 0.717) is 10.5 Å². The van der Waals surface area contributed by atoms with Crippen LogP contribution in [0.5, 0.6) is 0 Å². The first-order valence-electron chi connectivity index (χ1n) is 5.36. The summed E-state index contributed by atoms with van der Waals surface area (Å²) in [5, 5.41) is 0. The van der Waals surface area contributed by atoms with Gasteiger partial charge in [-0.3, -0.25) is 20.4 Å². The van der Waals surface area contributed by atoms with Gasteiger partial charge in [0.05, 0.1) is 0 Å². The Morgan fingerprint density at radius 3 is 2.15 bits per heavy atom. The van der Waals surface area contributed by atoms with E-state index in [4.69, 9.17) is 0 Å². The van der Waals surface area contributed by atoms with Gasteiger partial charge in [0.2, 0.25) is 0 Å². The van der Waals surface area contributed by atoms with Gasteiger partial charge in [0.25, 0.3) is 11.8 Å². The molecule has 2 aromatic rings. The Kier molecular flexibility index (Phi) is 4.14. The van der Waals surface area contributed by atoms with Crippen LogP contribution in [0.4, 0.5) is 8.78 Å². The number of hydrogen-bond donors (Lipinski definition) is 3. The van der Waals surface area contributed by atoms with Gasteiger partial charge in [-0.15, -0.1) is 0 Å². The maximum Gasteiger partial charge on any atom is 0.286 e. The van der Waals surface area contributed by atoms with Gasteiger partial charge in [-0.25, -0.2) is 8.78 Å². The Bertz CT molecular complexity index is 652. The van der Waals surface area contributed by atoms with Crippen molar-refractivity contribution in [1.82, 2.24) is 15.8 Å². The minimum atomic E-state index is -0.880. The van der Waals surface area contributed by atoms with Crippen molar-refractivity contribution in [3.63, 3.8) is 0 Å². The molecule has 0 aliphatic carbocycles. The van der Waals surface area contributed by atoms with Crippen LogP contribution in [-0.4, -0.2) is 16.8 Å². The van der Waals surface area contributed by atoms with E-state index in [2.05, 4.69) is 31.8 Å². The fourth-order valence-electron chi connectivity index (χ4n) is 1.44. The molecular formula is C12H8BrF2N3O2. The molecule has 1 heterocycles. The second-order valence-electron chi connectivity index (χ2n) is 3.80. The number of nitrogens with one attached hydrogen (secondary N) is 3. The van der Waals surface area contributed by atoms with Crippen LogP contribution in [0.3, 0.4) is 0 Å². The lowest BCUT2D eigenvalue weighted by Gasteiger charge is -2.06. The first-order chi connectivity index (χ1) is 9.45. The van der Waals surface area contributed by atoms with Crippen LogP contribution in [0.2, 0.25) is 0 Å². The van der Waals surface area contributed by atoms with Crippen LogP contribution in [-0.2, 0) is 0 Å². The summed E-state index contributed by atoms with van der Waals surface area (Å²) in [6.45, 7) is 0. The highest BCUT2D eigenvalue weighted by molar-refractivity contribution is 9.10. The summed E-state index contributed by atoms with van der Waals surface area (Å²) < 4.78 is 26.5. The number of hydrogen-bond acceptors (Lipinski definition) is 2. The molecule has 3 N–H and O–H groups in total. The summed E-state index contributed by atoms with van der Waals surface area (Å²) in [6, 6.07) is 3.86. The molecule has 1 aromatic heterocycles. The summed E-state index contributed by atoms with van der Waals surface area (Å²) in [5.74, 6) is -3.19. The predicted molar refractivity (Wildman–Crippen MR) is 69.8 cm³/mol. The molecule has 0 atom stereocenters. The smallest absolute Gasteiger partial charge is 0.286 e. The van der Waals surface area contributed by atoms with E-state index in [-0.39, 0.29) is 11.3 Å². The highest BCUT2D eigenvalue weighted by atomic mass is 79.9. The number of carbonyl (C=O) groups is 2. The molecule has 104 valence electrons. The van der Waals surface area contributed by atoms with Gasteiger partial charge in [-0.05, 0) is 34.1 Å². The molecule has 0 fully saturated rings. The zero-order chi connectivity index (χ0) is 14.7. The summed E-state index contributed by atoms with van der Waals surface area (Å²) in [5.41, 5.74) is 4.14. The lowest BCUT2D eigenvalue weighted by Crippen LogP contribution is -2.41. The Morgan fingerprint density at radius 2 is 1.60 bits per heavy atom. The van der Waals surface area contributed by atoms with Crippen LogP contribution in [0.15, 0.2) is 34.9 Å². The minimum absolute atomic E-state index is 0.211. The summed E-state index contributed by atoms with van der Waals surface area (Å²) in [4.78, 5) is 25.9. The summed E-state index contributed by atoms with van der Waals surface area (Å²) in [7, 11) is 0. The second-order valence-corrected chi connectivity index (χ2v) is 4.71. The van der Waals surface area contributed by atoms with Crippen molar-refractivity contribution < 1.29 is 18.4 Å². The Balaban J connectivity index is 2.00. The number of aromatic amines is 1. The van der Waals surface area contributed by atoms with Gasteiger partial charge in [-0.2, -0.15) is 0 Å². The molecule has 5 nitrogen and oxygen atoms in total. The maximum absolute atomic E-state index is 12.9. The standard InChI is InChI=1S/C12H8BrF2N3O2/c13-7-3-10(16-5-7)12(20)18-17-11(19)6-1-8(14)4-9(15)2-6/h1-5,16H,(H,17,19)(H,18,20). The second kappa shape index (κ2) is 5.83. The quantitative estimate of drug-likeness (QED) is 0.731. The molecule has 20 heavy (non-hydrogen) atoms. The zero-order valence-corrected chi connectivity index (χ0v) is 11.4. The van der Waals surface area contributed by atoms with Gasteiger partial charge in [-0.1, -0.05) is 0 Å². The fraction of sp³-hybridized carbons (Fsp3) is 0. The van der Waals surface area contributed by atoms with Gasteiger partial charge >= 0.3 is 0 Å². The van der Waals surface area contributed by atoms with Crippen LogP contribution in [0.1, 0.15) is 20.8 Å². The van der Waals surface area contributed by atoms with E-state index in [1.54, 1.807) is 6.20 Å². The van der Waals surface area contributed by atoms with E-state index in [1.165, 1.54) is 6.07 Å². The number of H-pyrrole nitrogens is 1. The van der Waals surface area contributed by atoms with Crippen LogP contribution in [0.25, 0.3) is 0 Å². The topological polar surface area (TPSA) is 74.0 Å². The first kappa shape index (κ1) is 14.2. The number of rotatable bonds is 2. The summed E-state index contributed by atoms with van der Waals surface area (Å²) in [6.07, 6.45) is 1.54. The average Bonchev–Trinajstić information content (AvgIpc) is 2.81. The molecule has 0 spiro atoms. The van der Waals surface area contributed by atoms with E-state index < -0.39 is 23.4 Å². The lowest BCUT2D eigenvalue weighted by molar-refractivity contribution is 0.0844. The molecule has 0 radical (unpaired) electrons. The minimum Gasteiger partial charge on any atom is -0.356 e. The molecular weight excluding hydrogens is 336 g/mol. The highest BCUT2D eigenvalue weighted by Crippen LogP contribution is 2.10. The van der Waals surface area contributed by atoms with Crippen molar-refractivity contribution in [2.24, 2.45) is 0 Å². The van der Waals surface area contributed by atoms with Gasteiger partial charge in [0, 0.05) is 22.3 Å². The van der Waals surface area contributed by atoms with E-state index >= 15 is 0 Å². The third-order valence-corrected chi connectivity index (χ3v) is 2.76. The molecule has 2 rings (SSSR count). The number of amides is 2. The Morgan fingerprint density at radius 1 is 1.00 bits per heavy atom. The number of hydrazine groups is 1. The number of carbonyl (C=O) groups excluding carboxylic acids is 2. The molecule has 0 aliphatic heterocycles. The molecule has 0 saturated carbocycles. The number of benzene rings is 1. The Hall–Kier alpha value is -2.22. The van der Waals surface area contributed by atoms with Crippen LogP contribution < -0.4 is 10.9 Å². The highest BCUT2D eigenvalue weighted by Gasteiger charge is 2.12. The normalized spacial score (nSPS) is 10.2. The van der Waals surface area contributed by atoms with Crippen molar-refractivity contribution in [3.8, 4) is 0 Å². The molecule has 0 saturated heterocycles. The molecule has 8 heteroatoms. The molecule has 0 aliphatic rings. The largest absolute Gasteiger partial charge is 0.356 e. The van der Waals surface area contributed by atoms with Crippen molar-refractivity contribution >= 4 is 27.7 Å². The fourth-order valence-corrected chi connectivity index (χ4v) is 1.78. The first-order valence-corrected chi connectivity index (χ1v) is 6.15. The number of halogens is 3. The monoisotopic (exact) mass is 343 g/mol. The molecule has 0 unspecified atom stereocenters. The van der Waals surface area contributed by atoms with Crippen LogP contribution >= 0.6 is 15.9 Å². The van der Waals surface area contributed by atoms with Crippen molar-refractivity contribution in [1.29, 1.82) is 0 Å². The molecule has 1 aromatic carbocycles. The van der Waals surface area contributed by atoms with Crippen LogP contribution in [0, 0.1) is 11.6 Å². The summed E-state index contributed by atoms with van der Waals surface area (Å²) >= 11 is 3.15. The van der Waals surface area contributed by atoms with Gasteiger partial charge in [0.1, 0.15) is 17.3 Å². The van der Waals surface area contributed by atoms with E-state index in [9.17, 15) is 18.4 Å². The Labute approximate surface area is 120 Å². The van der Waals surface area contributed by atoms with Crippen molar-refractivity contribution in [2.45, 2.75) is 0 Å². The predicted octanol–water partition coefficient (Wildman–Crippen LogP) is 2.13. The molecule has 2 amide bonds. The third-order valence-electron chi connectivity index (χ3n) is 2.31. The van der Waals surface area contributed by atoms with Crippen molar-refractivity contribution in [3.05, 3.63) is 57.8 Å². The third kappa shape index (κ3) is 3.41. The average molecular weight is 344 g/mol. The van der Waals surface area contributed by atoms with E-state index in [0.717, 1.165) is 12.1 Å². The SMILES string of the molecule is O=C(NNC(=O)c1cc(Br)c[nH]1)c1cc(F)cc(F)c1. The van der Waals surface area contributed by atoms with Gasteiger partial charge < -0.3 is 4.98 Å². The van der Waals surface area contributed by atoms with E-state index in [1.807, 2.05) is 0 Å². The van der Waals surface area contributed by atoms with Gasteiger partial charge in [0.15, 0.2) is 0 Å². The maximum atomic E-state index is 12.9. The number of aromatic nitrogens is 1. The molecule has 0 bridgehead atoms. The zero-order valence-electron chi connectivity index (χ0n) is 9.84. The van der Waals surface area contributed by atoms with Crippen molar-refractivity contribution in [2.75, 3.05) is 0 Å².